The number of aryl methyl sites for hydroxylation is 1. The van der Waals surface area contributed by atoms with Gasteiger partial charge in [-0.15, -0.1) is 0 Å². The maximum atomic E-state index is 12.1. The number of carbonyl (C=O) groups excluding carboxylic acids is 1. The first kappa shape index (κ1) is 15.6. The van der Waals surface area contributed by atoms with Crippen molar-refractivity contribution < 1.29 is 4.79 Å². The SMILES string of the molecule is Cc1cc(C[C@H](C)NC(=O)Cc2nc3ccc(Cl)cc3[nH]2)n[nH]1. The van der Waals surface area contributed by atoms with E-state index < -0.39 is 0 Å². The van der Waals surface area contributed by atoms with E-state index in [2.05, 4.69) is 25.5 Å². The Balaban J connectivity index is 1.59. The molecule has 0 aliphatic heterocycles. The Bertz CT molecular complexity index is 838. The van der Waals surface area contributed by atoms with Crippen LogP contribution in [0.4, 0.5) is 0 Å². The van der Waals surface area contributed by atoms with E-state index in [9.17, 15) is 4.79 Å². The van der Waals surface area contributed by atoms with Gasteiger partial charge in [-0.3, -0.25) is 9.89 Å². The van der Waals surface area contributed by atoms with Crippen molar-refractivity contribution in [2.24, 2.45) is 0 Å². The maximum absolute atomic E-state index is 12.1. The molecule has 3 rings (SSSR count). The minimum Gasteiger partial charge on any atom is -0.353 e. The number of rotatable bonds is 5. The highest BCUT2D eigenvalue weighted by Gasteiger charge is 2.12. The molecule has 0 aliphatic rings. The first-order chi connectivity index (χ1) is 11.0. The van der Waals surface area contributed by atoms with Crippen molar-refractivity contribution in [2.45, 2.75) is 32.7 Å². The second kappa shape index (κ2) is 6.42. The summed E-state index contributed by atoms with van der Waals surface area (Å²) in [6.45, 7) is 3.91. The molecule has 1 atom stereocenters. The number of amides is 1. The van der Waals surface area contributed by atoms with Crippen molar-refractivity contribution in [3.05, 3.63) is 46.5 Å². The second-order valence-corrected chi connectivity index (χ2v) is 6.17. The third kappa shape index (κ3) is 3.90. The fourth-order valence-corrected chi connectivity index (χ4v) is 2.71. The van der Waals surface area contributed by atoms with Gasteiger partial charge in [-0.25, -0.2) is 4.98 Å². The number of aromatic nitrogens is 4. The first-order valence-corrected chi connectivity index (χ1v) is 7.82. The van der Waals surface area contributed by atoms with Gasteiger partial charge in [0.2, 0.25) is 5.91 Å². The van der Waals surface area contributed by atoms with Crippen LogP contribution in [0, 0.1) is 6.92 Å². The van der Waals surface area contributed by atoms with Gasteiger partial charge >= 0.3 is 0 Å². The lowest BCUT2D eigenvalue weighted by Crippen LogP contribution is -2.35. The molecular weight excluding hydrogens is 314 g/mol. The molecule has 0 bridgehead atoms. The first-order valence-electron chi connectivity index (χ1n) is 7.44. The summed E-state index contributed by atoms with van der Waals surface area (Å²) in [6, 6.07) is 7.39. The molecular formula is C16H18ClN5O. The monoisotopic (exact) mass is 331 g/mol. The molecule has 6 nitrogen and oxygen atoms in total. The van der Waals surface area contributed by atoms with Gasteiger partial charge in [0.15, 0.2) is 0 Å². The number of hydrogen-bond acceptors (Lipinski definition) is 3. The summed E-state index contributed by atoms with van der Waals surface area (Å²) in [6.07, 6.45) is 0.891. The number of fused-ring (bicyclic) bond motifs is 1. The molecule has 3 aromatic rings. The van der Waals surface area contributed by atoms with Crippen molar-refractivity contribution in [3.8, 4) is 0 Å². The molecule has 2 heterocycles. The van der Waals surface area contributed by atoms with Gasteiger partial charge in [0.25, 0.3) is 0 Å². The number of imidazole rings is 1. The molecule has 7 heteroatoms. The Morgan fingerprint density at radius 1 is 1.39 bits per heavy atom. The summed E-state index contributed by atoms with van der Waals surface area (Å²) in [5, 5.41) is 10.7. The van der Waals surface area contributed by atoms with Gasteiger partial charge in [-0.05, 0) is 38.1 Å². The number of aromatic amines is 2. The predicted molar refractivity (Wildman–Crippen MR) is 89.4 cm³/mol. The van der Waals surface area contributed by atoms with E-state index in [1.54, 1.807) is 12.1 Å². The third-order valence-corrected chi connectivity index (χ3v) is 3.74. The van der Waals surface area contributed by atoms with Crippen LogP contribution in [0.3, 0.4) is 0 Å². The number of halogens is 1. The molecule has 120 valence electrons. The van der Waals surface area contributed by atoms with Crippen molar-refractivity contribution in [1.82, 2.24) is 25.5 Å². The smallest absolute Gasteiger partial charge is 0.227 e. The van der Waals surface area contributed by atoms with E-state index in [-0.39, 0.29) is 18.4 Å². The largest absolute Gasteiger partial charge is 0.353 e. The van der Waals surface area contributed by atoms with Crippen molar-refractivity contribution in [2.75, 3.05) is 0 Å². The number of H-pyrrole nitrogens is 2. The van der Waals surface area contributed by atoms with Crippen LogP contribution in [0.1, 0.15) is 24.1 Å². The van der Waals surface area contributed by atoms with Crippen LogP contribution in [0.2, 0.25) is 5.02 Å². The quantitative estimate of drug-likeness (QED) is 0.671. The van der Waals surface area contributed by atoms with Gasteiger partial charge in [0.1, 0.15) is 5.82 Å². The zero-order valence-corrected chi connectivity index (χ0v) is 13.7. The van der Waals surface area contributed by atoms with Crippen LogP contribution in [0.25, 0.3) is 11.0 Å². The average molecular weight is 332 g/mol. The summed E-state index contributed by atoms with van der Waals surface area (Å²) in [4.78, 5) is 19.7. The number of benzene rings is 1. The standard InChI is InChI=1S/C16H18ClN5O/c1-9(5-12-6-10(2)21-22-12)18-16(23)8-15-19-13-4-3-11(17)7-14(13)20-15/h3-4,6-7,9H,5,8H2,1-2H3,(H,18,23)(H,19,20)(H,21,22)/t9-/m0/s1. The summed E-state index contributed by atoms with van der Waals surface area (Å²) in [5.41, 5.74) is 3.59. The van der Waals surface area contributed by atoms with Crippen molar-refractivity contribution >= 4 is 28.5 Å². The van der Waals surface area contributed by atoms with Crippen LogP contribution >= 0.6 is 11.6 Å². The van der Waals surface area contributed by atoms with Crippen LogP contribution in [-0.4, -0.2) is 32.1 Å². The lowest BCUT2D eigenvalue weighted by Gasteiger charge is -2.11. The molecule has 0 aliphatic carbocycles. The van der Waals surface area contributed by atoms with Crippen molar-refractivity contribution in [1.29, 1.82) is 0 Å². The Hall–Kier alpha value is -2.34. The molecule has 3 N–H and O–H groups in total. The van der Waals surface area contributed by atoms with E-state index in [1.807, 2.05) is 26.0 Å². The Morgan fingerprint density at radius 3 is 2.96 bits per heavy atom. The molecule has 0 unspecified atom stereocenters. The molecule has 23 heavy (non-hydrogen) atoms. The van der Waals surface area contributed by atoms with Gasteiger partial charge in [0, 0.05) is 23.2 Å². The summed E-state index contributed by atoms with van der Waals surface area (Å²) >= 11 is 5.95. The highest BCUT2D eigenvalue weighted by molar-refractivity contribution is 6.31. The maximum Gasteiger partial charge on any atom is 0.227 e. The molecule has 0 radical (unpaired) electrons. The summed E-state index contributed by atoms with van der Waals surface area (Å²) in [7, 11) is 0. The van der Waals surface area contributed by atoms with Crippen LogP contribution in [0.5, 0.6) is 0 Å². The van der Waals surface area contributed by atoms with Crippen LogP contribution in [-0.2, 0) is 17.6 Å². The lowest BCUT2D eigenvalue weighted by molar-refractivity contribution is -0.121. The fourth-order valence-electron chi connectivity index (χ4n) is 2.54. The van der Waals surface area contributed by atoms with Gasteiger partial charge in [-0.1, -0.05) is 11.6 Å². The van der Waals surface area contributed by atoms with E-state index in [4.69, 9.17) is 11.6 Å². The highest BCUT2D eigenvalue weighted by atomic mass is 35.5. The summed E-state index contributed by atoms with van der Waals surface area (Å²) in [5.74, 6) is 0.553. The van der Waals surface area contributed by atoms with Crippen LogP contribution in [0.15, 0.2) is 24.3 Å². The minimum absolute atomic E-state index is 0.00372. The zero-order chi connectivity index (χ0) is 16.4. The summed E-state index contributed by atoms with van der Waals surface area (Å²) < 4.78 is 0. The Labute approximate surface area is 138 Å². The molecule has 0 saturated heterocycles. The van der Waals surface area contributed by atoms with Crippen LogP contribution < -0.4 is 5.32 Å². The third-order valence-electron chi connectivity index (χ3n) is 3.50. The normalized spacial score (nSPS) is 12.5. The fraction of sp³-hybridized carbons (Fsp3) is 0.312. The number of nitrogens with one attached hydrogen (secondary N) is 3. The number of hydrogen-bond donors (Lipinski definition) is 3. The number of carbonyl (C=O) groups is 1. The average Bonchev–Trinajstić information content (AvgIpc) is 3.03. The second-order valence-electron chi connectivity index (χ2n) is 5.74. The van der Waals surface area contributed by atoms with E-state index in [0.717, 1.165) is 22.4 Å². The highest BCUT2D eigenvalue weighted by Crippen LogP contribution is 2.17. The van der Waals surface area contributed by atoms with Gasteiger partial charge in [0.05, 0.1) is 23.1 Å². The molecule has 1 aromatic carbocycles. The van der Waals surface area contributed by atoms with E-state index >= 15 is 0 Å². The van der Waals surface area contributed by atoms with Gasteiger partial charge in [-0.2, -0.15) is 5.10 Å². The van der Waals surface area contributed by atoms with Crippen molar-refractivity contribution in [3.63, 3.8) is 0 Å². The molecule has 1 amide bonds. The van der Waals surface area contributed by atoms with Gasteiger partial charge < -0.3 is 10.3 Å². The van der Waals surface area contributed by atoms with E-state index in [1.165, 1.54) is 0 Å². The lowest BCUT2D eigenvalue weighted by atomic mass is 10.1. The molecule has 0 fully saturated rings. The Morgan fingerprint density at radius 2 is 2.22 bits per heavy atom. The zero-order valence-electron chi connectivity index (χ0n) is 13.0. The Kier molecular flexibility index (Phi) is 4.34. The topological polar surface area (TPSA) is 86.5 Å². The van der Waals surface area contributed by atoms with E-state index in [0.29, 0.717) is 17.3 Å². The predicted octanol–water partition coefficient (Wildman–Crippen LogP) is 2.54. The molecule has 2 aromatic heterocycles. The minimum atomic E-state index is -0.0742. The number of nitrogens with zero attached hydrogens (tertiary/aromatic N) is 2. The molecule has 0 spiro atoms. The molecule has 0 saturated carbocycles.